The second-order valence-corrected chi connectivity index (χ2v) is 7.42. The summed E-state index contributed by atoms with van der Waals surface area (Å²) < 4.78 is 5.54. The second kappa shape index (κ2) is 6.65. The number of hydrogen-bond acceptors (Lipinski definition) is 5. The van der Waals surface area contributed by atoms with Crippen LogP contribution in [0.2, 0.25) is 0 Å². The van der Waals surface area contributed by atoms with Crippen LogP contribution < -0.4 is 0 Å². The van der Waals surface area contributed by atoms with Crippen LogP contribution in [-0.2, 0) is 5.41 Å². The molecule has 0 spiro atoms. The summed E-state index contributed by atoms with van der Waals surface area (Å²) in [6, 6.07) is 11.5. The summed E-state index contributed by atoms with van der Waals surface area (Å²) in [4.78, 5) is 15.3. The Morgan fingerprint density at radius 1 is 1.17 bits per heavy atom. The van der Waals surface area contributed by atoms with Crippen LogP contribution in [0.1, 0.15) is 36.7 Å². The fourth-order valence-electron chi connectivity index (χ4n) is 2.21. The maximum Gasteiger partial charge on any atom is 0.277 e. The van der Waals surface area contributed by atoms with E-state index in [-0.39, 0.29) is 17.0 Å². The smallest absolute Gasteiger partial charge is 0.277 e. The lowest BCUT2D eigenvalue weighted by atomic mass is 9.86. The first-order valence-electron chi connectivity index (χ1n) is 7.67. The molecule has 0 unspecified atom stereocenters. The third-order valence-electron chi connectivity index (χ3n) is 3.63. The highest BCUT2D eigenvalue weighted by Gasteiger charge is 2.15. The first-order valence-corrected chi connectivity index (χ1v) is 8.66. The summed E-state index contributed by atoms with van der Waals surface area (Å²) in [5, 5.41) is 8.31. The number of carbonyl (C=O) groups is 1. The number of nitrogens with zero attached hydrogens (tertiary/aromatic N) is 2. The van der Waals surface area contributed by atoms with Gasteiger partial charge in [0.05, 0.1) is 5.75 Å². The Morgan fingerprint density at radius 3 is 2.54 bits per heavy atom. The molecule has 0 bridgehead atoms. The highest BCUT2D eigenvalue weighted by molar-refractivity contribution is 7.99. The fourth-order valence-corrected chi connectivity index (χ4v) is 2.86. The number of H-pyrrole nitrogens is 1. The summed E-state index contributed by atoms with van der Waals surface area (Å²) in [7, 11) is 0. The van der Waals surface area contributed by atoms with Crippen molar-refractivity contribution in [3.63, 3.8) is 0 Å². The summed E-state index contributed by atoms with van der Waals surface area (Å²) in [6.07, 6.45) is 1.79. The number of Topliss-reactive ketones (excluding diaryl/α,β-unsaturated/α-hetero) is 1. The molecule has 0 aliphatic heterocycles. The van der Waals surface area contributed by atoms with Crippen LogP contribution in [0, 0.1) is 0 Å². The largest absolute Gasteiger partial charge is 0.410 e. The molecule has 0 amide bonds. The van der Waals surface area contributed by atoms with E-state index in [1.54, 1.807) is 6.20 Å². The van der Waals surface area contributed by atoms with Gasteiger partial charge in [-0.3, -0.25) is 4.79 Å². The third-order valence-corrected chi connectivity index (χ3v) is 4.45. The molecule has 1 N–H and O–H groups in total. The molecule has 2 aromatic heterocycles. The highest BCUT2D eigenvalue weighted by Crippen LogP contribution is 2.24. The summed E-state index contributed by atoms with van der Waals surface area (Å²) in [5.74, 6) is 0.728. The monoisotopic (exact) mass is 341 g/mol. The standard InChI is InChI=1S/C18H19N3O2S/c1-18(2,3)13-8-6-12(7-9-13)15(22)11-24-17-21-20-16(23-17)14-5-4-10-19-14/h4-10,19H,11H2,1-3H3. The normalized spacial score (nSPS) is 11.6. The molecule has 124 valence electrons. The number of benzene rings is 1. The number of thioether (sulfide) groups is 1. The minimum atomic E-state index is 0.0417. The van der Waals surface area contributed by atoms with Gasteiger partial charge in [-0.2, -0.15) is 0 Å². The molecule has 0 radical (unpaired) electrons. The first kappa shape index (κ1) is 16.5. The van der Waals surface area contributed by atoms with Gasteiger partial charge in [-0.25, -0.2) is 0 Å². The van der Waals surface area contributed by atoms with E-state index < -0.39 is 0 Å². The van der Waals surface area contributed by atoms with Gasteiger partial charge in [0.1, 0.15) is 5.69 Å². The van der Waals surface area contributed by atoms with Crippen LogP contribution in [0.15, 0.2) is 52.2 Å². The molecular weight excluding hydrogens is 322 g/mol. The lowest BCUT2D eigenvalue weighted by Gasteiger charge is -2.18. The molecule has 0 fully saturated rings. The van der Waals surface area contributed by atoms with Gasteiger partial charge in [-0.05, 0) is 23.1 Å². The summed E-state index contributed by atoms with van der Waals surface area (Å²) in [5.41, 5.74) is 2.74. The Labute approximate surface area is 144 Å². The van der Waals surface area contributed by atoms with Crippen molar-refractivity contribution in [3.05, 3.63) is 53.7 Å². The number of rotatable bonds is 5. The summed E-state index contributed by atoms with van der Waals surface area (Å²) in [6.45, 7) is 6.45. The number of aromatic amines is 1. The lowest BCUT2D eigenvalue weighted by molar-refractivity contribution is 0.102. The first-order chi connectivity index (χ1) is 11.4. The lowest BCUT2D eigenvalue weighted by Crippen LogP contribution is -2.11. The quantitative estimate of drug-likeness (QED) is 0.552. The van der Waals surface area contributed by atoms with Gasteiger partial charge in [-0.1, -0.05) is 56.8 Å². The van der Waals surface area contributed by atoms with Gasteiger partial charge in [-0.15, -0.1) is 10.2 Å². The number of nitrogens with one attached hydrogen (secondary N) is 1. The predicted octanol–water partition coefficient (Wildman–Crippen LogP) is 4.34. The van der Waals surface area contributed by atoms with E-state index in [4.69, 9.17) is 4.42 Å². The van der Waals surface area contributed by atoms with Gasteiger partial charge in [0.15, 0.2) is 5.78 Å². The van der Waals surface area contributed by atoms with E-state index in [1.807, 2.05) is 36.4 Å². The van der Waals surface area contributed by atoms with E-state index in [0.717, 1.165) is 5.69 Å². The Bertz CT molecular complexity index is 815. The topological polar surface area (TPSA) is 71.8 Å². The fraction of sp³-hybridized carbons (Fsp3) is 0.278. The number of hydrogen-bond donors (Lipinski definition) is 1. The maximum atomic E-state index is 12.3. The van der Waals surface area contributed by atoms with Crippen molar-refractivity contribution in [2.45, 2.75) is 31.4 Å². The molecule has 0 atom stereocenters. The van der Waals surface area contributed by atoms with Crippen LogP contribution in [-0.4, -0.2) is 26.7 Å². The third kappa shape index (κ3) is 3.76. The van der Waals surface area contributed by atoms with Crippen LogP contribution in [0.25, 0.3) is 11.6 Å². The van der Waals surface area contributed by atoms with E-state index >= 15 is 0 Å². The molecule has 0 saturated heterocycles. The Morgan fingerprint density at radius 2 is 1.92 bits per heavy atom. The molecule has 3 rings (SSSR count). The van der Waals surface area contributed by atoms with Crippen molar-refractivity contribution >= 4 is 17.5 Å². The zero-order valence-corrected chi connectivity index (χ0v) is 14.7. The molecule has 0 saturated carbocycles. The van der Waals surface area contributed by atoms with Crippen LogP contribution >= 0.6 is 11.8 Å². The van der Waals surface area contributed by atoms with Crippen molar-refractivity contribution < 1.29 is 9.21 Å². The van der Waals surface area contributed by atoms with E-state index in [1.165, 1.54) is 17.3 Å². The number of carbonyl (C=O) groups excluding carboxylic acids is 1. The molecule has 1 aromatic carbocycles. The molecule has 2 heterocycles. The molecule has 6 heteroatoms. The molecule has 0 aliphatic carbocycles. The Kier molecular flexibility index (Phi) is 4.57. The van der Waals surface area contributed by atoms with Gasteiger partial charge in [0.25, 0.3) is 11.1 Å². The van der Waals surface area contributed by atoms with E-state index in [0.29, 0.717) is 16.7 Å². The Hall–Kier alpha value is -2.34. The van der Waals surface area contributed by atoms with Crippen molar-refractivity contribution in [3.8, 4) is 11.6 Å². The van der Waals surface area contributed by atoms with E-state index in [9.17, 15) is 4.79 Å². The second-order valence-electron chi connectivity index (χ2n) is 6.50. The average Bonchev–Trinajstić information content (AvgIpc) is 3.23. The van der Waals surface area contributed by atoms with E-state index in [2.05, 4.69) is 36.0 Å². The molecule has 0 aliphatic rings. The minimum Gasteiger partial charge on any atom is -0.410 e. The zero-order chi connectivity index (χ0) is 17.2. The summed E-state index contributed by atoms with van der Waals surface area (Å²) >= 11 is 1.25. The van der Waals surface area contributed by atoms with Crippen LogP contribution in [0.5, 0.6) is 0 Å². The van der Waals surface area contributed by atoms with Crippen LogP contribution in [0.3, 0.4) is 0 Å². The molecule has 5 nitrogen and oxygen atoms in total. The SMILES string of the molecule is CC(C)(C)c1ccc(C(=O)CSc2nnc(-c3ccc[nH]3)o2)cc1. The van der Waals surface area contributed by atoms with Crippen molar-refractivity contribution in [1.82, 2.24) is 15.2 Å². The highest BCUT2D eigenvalue weighted by atomic mass is 32.2. The molecule has 24 heavy (non-hydrogen) atoms. The van der Waals surface area contributed by atoms with Gasteiger partial charge >= 0.3 is 0 Å². The predicted molar refractivity (Wildman–Crippen MR) is 94.3 cm³/mol. The average molecular weight is 341 g/mol. The number of aromatic nitrogens is 3. The zero-order valence-electron chi connectivity index (χ0n) is 13.9. The van der Waals surface area contributed by atoms with Gasteiger partial charge in [0.2, 0.25) is 0 Å². The molecule has 3 aromatic rings. The van der Waals surface area contributed by atoms with Crippen molar-refractivity contribution in [2.24, 2.45) is 0 Å². The van der Waals surface area contributed by atoms with Gasteiger partial charge in [0, 0.05) is 11.8 Å². The minimum absolute atomic E-state index is 0.0417. The number of ketones is 1. The van der Waals surface area contributed by atoms with Crippen molar-refractivity contribution in [2.75, 3.05) is 5.75 Å². The van der Waals surface area contributed by atoms with Gasteiger partial charge < -0.3 is 9.40 Å². The molecular formula is C18H19N3O2S. The maximum absolute atomic E-state index is 12.3. The van der Waals surface area contributed by atoms with Crippen molar-refractivity contribution in [1.29, 1.82) is 0 Å². The van der Waals surface area contributed by atoms with Crippen LogP contribution in [0.4, 0.5) is 0 Å². The Balaban J connectivity index is 1.61.